The molecular weight excluding hydrogens is 378 g/mol. The van der Waals surface area contributed by atoms with Crippen molar-refractivity contribution >= 4 is 46.3 Å². The van der Waals surface area contributed by atoms with Crippen molar-refractivity contribution in [3.63, 3.8) is 0 Å². The van der Waals surface area contributed by atoms with E-state index in [0.717, 1.165) is 56.5 Å². The molecule has 4 aliphatic rings. The number of rotatable bonds is 3. The molecule has 2 fully saturated rings. The highest BCUT2D eigenvalue weighted by atomic mass is 32.2. The topological polar surface area (TPSA) is 85.4 Å². The average molecular weight is 405 g/mol. The molecule has 1 unspecified atom stereocenters. The predicted octanol–water partition coefficient (Wildman–Crippen LogP) is 1.59. The van der Waals surface area contributed by atoms with Crippen molar-refractivity contribution in [2.75, 3.05) is 32.9 Å². The highest BCUT2D eigenvalue weighted by molar-refractivity contribution is 8.14. The summed E-state index contributed by atoms with van der Waals surface area (Å²) in [6.07, 6.45) is 6.43. The largest absolute Gasteiger partial charge is 0.445 e. The molecule has 0 aromatic heterocycles. The number of amides is 4. The quantitative estimate of drug-likeness (QED) is 0.669. The Balaban J connectivity index is 1.63. The molecule has 0 aromatic carbocycles. The molecule has 1 saturated carbocycles. The van der Waals surface area contributed by atoms with E-state index in [2.05, 4.69) is 4.99 Å². The Morgan fingerprint density at radius 3 is 2.50 bits per heavy atom. The SMILES string of the molecule is CN1C(=O)C2C(SCC(=O)N3CCCC3)=NC(C3CCCC3)=NC2=[N+](C)C1=O. The normalized spacial score (nSPS) is 26.0. The molecule has 1 aliphatic carbocycles. The van der Waals surface area contributed by atoms with Gasteiger partial charge >= 0.3 is 11.9 Å². The van der Waals surface area contributed by atoms with Gasteiger partial charge in [0, 0.05) is 19.0 Å². The number of nitrogens with zero attached hydrogens (tertiary/aromatic N) is 5. The van der Waals surface area contributed by atoms with E-state index in [1.807, 2.05) is 4.90 Å². The molecule has 3 aliphatic heterocycles. The fourth-order valence-electron chi connectivity index (χ4n) is 4.27. The molecule has 0 spiro atoms. The van der Waals surface area contributed by atoms with Crippen molar-refractivity contribution in [2.45, 2.75) is 38.5 Å². The molecule has 150 valence electrons. The van der Waals surface area contributed by atoms with Crippen LogP contribution in [-0.2, 0) is 9.59 Å². The summed E-state index contributed by atoms with van der Waals surface area (Å²) >= 11 is 1.32. The van der Waals surface area contributed by atoms with Crippen molar-refractivity contribution in [3.8, 4) is 0 Å². The molecule has 1 saturated heterocycles. The number of thioether (sulfide) groups is 1. The van der Waals surface area contributed by atoms with Crippen LogP contribution in [-0.4, -0.2) is 81.9 Å². The van der Waals surface area contributed by atoms with Crippen LogP contribution in [0.5, 0.6) is 0 Å². The van der Waals surface area contributed by atoms with Crippen molar-refractivity contribution < 1.29 is 19.0 Å². The molecule has 0 aromatic rings. The van der Waals surface area contributed by atoms with Gasteiger partial charge in [0.15, 0.2) is 5.92 Å². The number of fused-ring (bicyclic) bond motifs is 1. The molecule has 0 bridgehead atoms. The molecule has 3 heterocycles. The third-order valence-corrected chi connectivity index (χ3v) is 6.99. The van der Waals surface area contributed by atoms with Gasteiger partial charge in [-0.25, -0.2) is 9.79 Å². The summed E-state index contributed by atoms with van der Waals surface area (Å²) in [7, 11) is 3.12. The first-order valence-corrected chi connectivity index (χ1v) is 11.0. The molecule has 28 heavy (non-hydrogen) atoms. The second kappa shape index (κ2) is 7.77. The van der Waals surface area contributed by atoms with Gasteiger partial charge in [0.1, 0.15) is 5.04 Å². The van der Waals surface area contributed by atoms with E-state index in [1.165, 1.54) is 23.4 Å². The summed E-state index contributed by atoms with van der Waals surface area (Å²) in [5.41, 5.74) is 0. The van der Waals surface area contributed by atoms with Gasteiger partial charge in [-0.15, -0.1) is 0 Å². The first-order chi connectivity index (χ1) is 13.5. The molecular formula is C19H26N5O3S+. The summed E-state index contributed by atoms with van der Waals surface area (Å²) in [4.78, 5) is 50.1. The third kappa shape index (κ3) is 3.40. The monoisotopic (exact) mass is 404 g/mol. The van der Waals surface area contributed by atoms with Gasteiger partial charge in [-0.2, -0.15) is 9.48 Å². The van der Waals surface area contributed by atoms with Crippen LogP contribution in [0.2, 0.25) is 0 Å². The van der Waals surface area contributed by atoms with Crippen LogP contribution in [0.3, 0.4) is 0 Å². The molecule has 8 nitrogen and oxygen atoms in total. The van der Waals surface area contributed by atoms with E-state index in [0.29, 0.717) is 16.7 Å². The third-order valence-electron chi connectivity index (χ3n) is 5.98. The fraction of sp³-hybridized carbons (Fsp3) is 0.684. The van der Waals surface area contributed by atoms with Crippen LogP contribution in [0.15, 0.2) is 9.98 Å². The second-order valence-electron chi connectivity index (χ2n) is 7.81. The fourth-order valence-corrected chi connectivity index (χ4v) is 5.25. The molecule has 1 atom stereocenters. The maximum Gasteiger partial charge on any atom is 0.445 e. The first kappa shape index (κ1) is 19.3. The van der Waals surface area contributed by atoms with Crippen LogP contribution >= 0.6 is 11.8 Å². The molecule has 9 heteroatoms. The standard InChI is InChI=1S/C19H26N5O3S/c1-22-16-14(18(26)23(2)19(22)27)17(21-15(20-16)12-7-3-4-8-12)28-11-13(25)24-9-5-6-10-24/h12,14H,3-11H2,1-2H3/q+1. The van der Waals surface area contributed by atoms with E-state index in [9.17, 15) is 14.4 Å². The highest BCUT2D eigenvalue weighted by Crippen LogP contribution is 2.32. The van der Waals surface area contributed by atoms with E-state index in [4.69, 9.17) is 4.99 Å². The van der Waals surface area contributed by atoms with E-state index >= 15 is 0 Å². The van der Waals surface area contributed by atoms with Crippen molar-refractivity contribution in [1.82, 2.24) is 9.80 Å². The zero-order valence-corrected chi connectivity index (χ0v) is 17.2. The van der Waals surface area contributed by atoms with Gasteiger partial charge in [-0.1, -0.05) is 29.6 Å². The number of likely N-dealkylation sites (tertiary alicyclic amines) is 1. The van der Waals surface area contributed by atoms with Gasteiger partial charge in [0.05, 0.1) is 19.8 Å². The Morgan fingerprint density at radius 1 is 1.14 bits per heavy atom. The van der Waals surface area contributed by atoms with Crippen LogP contribution in [0.1, 0.15) is 38.5 Å². The highest BCUT2D eigenvalue weighted by Gasteiger charge is 2.49. The number of carbonyl (C=O) groups is 3. The minimum atomic E-state index is -0.700. The number of hydrogen-bond donors (Lipinski definition) is 0. The zero-order chi connectivity index (χ0) is 19.8. The van der Waals surface area contributed by atoms with E-state index < -0.39 is 5.92 Å². The molecule has 0 N–H and O–H groups in total. The van der Waals surface area contributed by atoms with Crippen molar-refractivity contribution in [2.24, 2.45) is 21.8 Å². The Morgan fingerprint density at radius 2 is 1.82 bits per heavy atom. The Hall–Kier alpha value is -2.03. The summed E-state index contributed by atoms with van der Waals surface area (Å²) < 4.78 is 1.44. The van der Waals surface area contributed by atoms with Crippen LogP contribution < -0.4 is 0 Å². The molecule has 4 rings (SSSR count). The number of carbonyl (C=O) groups excluding carboxylic acids is 3. The van der Waals surface area contributed by atoms with Crippen LogP contribution in [0.25, 0.3) is 0 Å². The predicted molar refractivity (Wildman–Crippen MR) is 108 cm³/mol. The van der Waals surface area contributed by atoms with Crippen molar-refractivity contribution in [3.05, 3.63) is 0 Å². The maximum atomic E-state index is 12.9. The van der Waals surface area contributed by atoms with Gasteiger partial charge in [0.2, 0.25) is 11.7 Å². The summed E-state index contributed by atoms with van der Waals surface area (Å²) in [6.45, 7) is 1.61. The Labute approximate surface area is 168 Å². The lowest BCUT2D eigenvalue weighted by Gasteiger charge is -2.27. The zero-order valence-electron chi connectivity index (χ0n) is 16.4. The van der Waals surface area contributed by atoms with Gasteiger partial charge in [-0.3, -0.25) is 9.59 Å². The van der Waals surface area contributed by atoms with Gasteiger partial charge in [-0.05, 0) is 25.7 Å². The van der Waals surface area contributed by atoms with Crippen LogP contribution in [0, 0.1) is 11.8 Å². The summed E-state index contributed by atoms with van der Waals surface area (Å²) in [6, 6.07) is -0.384. The van der Waals surface area contributed by atoms with Gasteiger partial charge in [0.25, 0.3) is 5.84 Å². The number of amidine groups is 2. The van der Waals surface area contributed by atoms with E-state index in [-0.39, 0.29) is 29.5 Å². The minimum absolute atomic E-state index is 0.0812. The molecule has 4 amide bonds. The summed E-state index contributed by atoms with van der Waals surface area (Å²) in [5.74, 6) is 0.726. The first-order valence-electron chi connectivity index (χ1n) is 9.97. The van der Waals surface area contributed by atoms with Gasteiger partial charge < -0.3 is 4.90 Å². The number of urea groups is 1. The number of aliphatic imine (C=N–C) groups is 2. The average Bonchev–Trinajstić information content (AvgIpc) is 3.42. The smallest absolute Gasteiger partial charge is 0.342 e. The number of imide groups is 1. The number of hydrogen-bond acceptors (Lipinski definition) is 6. The molecule has 0 radical (unpaired) electrons. The minimum Gasteiger partial charge on any atom is -0.342 e. The van der Waals surface area contributed by atoms with Crippen molar-refractivity contribution in [1.29, 1.82) is 0 Å². The van der Waals surface area contributed by atoms with Crippen LogP contribution in [0.4, 0.5) is 4.79 Å². The lowest BCUT2D eigenvalue weighted by molar-refractivity contribution is -0.407. The Bertz CT molecular complexity index is 806. The lowest BCUT2D eigenvalue weighted by Crippen LogP contribution is -2.55. The maximum absolute atomic E-state index is 12.9. The Kier molecular flexibility index (Phi) is 5.35. The summed E-state index contributed by atoms with van der Waals surface area (Å²) in [5, 5.41) is 0.593. The lowest BCUT2D eigenvalue weighted by atomic mass is 10.0. The second-order valence-corrected chi connectivity index (χ2v) is 8.80. The van der Waals surface area contributed by atoms with E-state index in [1.54, 1.807) is 7.05 Å².